The molecule has 0 aliphatic carbocycles. The summed E-state index contributed by atoms with van der Waals surface area (Å²) in [5.74, 6) is -0.0943. The number of hydrogen-bond donors (Lipinski definition) is 2. The largest absolute Gasteiger partial charge is 0.480 e. The van der Waals surface area contributed by atoms with Crippen molar-refractivity contribution in [2.75, 3.05) is 31.1 Å². The van der Waals surface area contributed by atoms with Crippen LogP contribution in [0.1, 0.15) is 20.8 Å². The third kappa shape index (κ3) is 4.52. The van der Waals surface area contributed by atoms with Crippen LogP contribution in [0.4, 0.5) is 4.79 Å². The van der Waals surface area contributed by atoms with Crippen molar-refractivity contribution in [1.29, 1.82) is 0 Å². The maximum absolute atomic E-state index is 12.2. The van der Waals surface area contributed by atoms with E-state index in [-0.39, 0.29) is 5.91 Å². The molecule has 0 aromatic heterocycles. The molecule has 2 atom stereocenters. The Morgan fingerprint density at radius 1 is 1.38 bits per heavy atom. The third-order valence-corrected chi connectivity index (χ3v) is 4.48. The molecule has 1 rings (SSSR count). The molecule has 1 aliphatic rings. The van der Waals surface area contributed by atoms with Crippen molar-refractivity contribution in [3.8, 4) is 0 Å². The number of carbonyl (C=O) groups is 3. The molecule has 0 saturated carbocycles. The molecule has 2 N–H and O–H groups in total. The second-order valence-corrected chi connectivity index (χ2v) is 5.95. The van der Waals surface area contributed by atoms with Crippen LogP contribution < -0.4 is 5.32 Å². The molecule has 0 spiro atoms. The molecular formula is C13H23N3O4S. The lowest BCUT2D eigenvalue weighted by molar-refractivity contribution is -0.141. The predicted molar refractivity (Wildman–Crippen MR) is 81.4 cm³/mol. The van der Waals surface area contributed by atoms with Crippen molar-refractivity contribution in [2.45, 2.75) is 32.9 Å². The zero-order chi connectivity index (χ0) is 16.0. The Morgan fingerprint density at radius 3 is 2.52 bits per heavy atom. The first-order valence-corrected chi connectivity index (χ1v) is 8.24. The lowest BCUT2D eigenvalue weighted by atomic mass is 10.2. The SMILES string of the molecule is CCN(CC)C(=O)C(C)NC(=O)N1CCSCC1C(=O)O. The van der Waals surface area contributed by atoms with Gasteiger partial charge in [0.2, 0.25) is 5.91 Å². The molecule has 7 nitrogen and oxygen atoms in total. The lowest BCUT2D eigenvalue weighted by Gasteiger charge is -2.33. The fourth-order valence-electron chi connectivity index (χ4n) is 2.19. The molecule has 0 bridgehead atoms. The molecule has 0 aromatic rings. The fraction of sp³-hybridized carbons (Fsp3) is 0.769. The van der Waals surface area contributed by atoms with E-state index >= 15 is 0 Å². The van der Waals surface area contributed by atoms with Crippen molar-refractivity contribution in [3.05, 3.63) is 0 Å². The van der Waals surface area contributed by atoms with Crippen LogP contribution in [-0.4, -0.2) is 76.0 Å². The van der Waals surface area contributed by atoms with E-state index in [0.29, 0.717) is 31.1 Å². The van der Waals surface area contributed by atoms with Gasteiger partial charge in [-0.05, 0) is 20.8 Å². The van der Waals surface area contributed by atoms with Crippen LogP contribution in [0.2, 0.25) is 0 Å². The van der Waals surface area contributed by atoms with Gasteiger partial charge in [0.15, 0.2) is 0 Å². The Kier molecular flexibility index (Phi) is 6.80. The minimum absolute atomic E-state index is 0.161. The van der Waals surface area contributed by atoms with Crippen molar-refractivity contribution in [2.24, 2.45) is 0 Å². The van der Waals surface area contributed by atoms with Crippen LogP contribution in [-0.2, 0) is 9.59 Å². The first-order chi connectivity index (χ1) is 9.92. The quantitative estimate of drug-likeness (QED) is 0.768. The molecule has 3 amide bonds. The second kappa shape index (κ2) is 8.11. The van der Waals surface area contributed by atoms with E-state index < -0.39 is 24.1 Å². The Balaban J connectivity index is 2.66. The van der Waals surface area contributed by atoms with Gasteiger partial charge in [0.1, 0.15) is 12.1 Å². The minimum atomic E-state index is -1.01. The number of carboxylic acid groups (broad SMARTS) is 1. The molecule has 1 aliphatic heterocycles. The summed E-state index contributed by atoms with van der Waals surface area (Å²) in [6.07, 6.45) is 0. The summed E-state index contributed by atoms with van der Waals surface area (Å²) in [5, 5.41) is 11.8. The molecule has 21 heavy (non-hydrogen) atoms. The average Bonchev–Trinajstić information content (AvgIpc) is 2.48. The first-order valence-electron chi connectivity index (χ1n) is 7.08. The maximum atomic E-state index is 12.2. The summed E-state index contributed by atoms with van der Waals surface area (Å²) in [6.45, 7) is 6.89. The summed E-state index contributed by atoms with van der Waals surface area (Å²) in [6, 6.07) is -1.99. The summed E-state index contributed by atoms with van der Waals surface area (Å²) in [4.78, 5) is 38.4. The van der Waals surface area contributed by atoms with Crippen LogP contribution in [0.15, 0.2) is 0 Å². The highest BCUT2D eigenvalue weighted by atomic mass is 32.2. The topological polar surface area (TPSA) is 90.0 Å². The van der Waals surface area contributed by atoms with E-state index in [1.165, 1.54) is 16.7 Å². The Hall–Kier alpha value is -1.44. The first kappa shape index (κ1) is 17.6. The van der Waals surface area contributed by atoms with Crippen LogP contribution in [0.3, 0.4) is 0 Å². The van der Waals surface area contributed by atoms with Gasteiger partial charge in [-0.2, -0.15) is 11.8 Å². The number of amides is 3. The highest BCUT2D eigenvalue weighted by Crippen LogP contribution is 2.17. The van der Waals surface area contributed by atoms with Crippen molar-refractivity contribution in [3.63, 3.8) is 0 Å². The highest BCUT2D eigenvalue weighted by Gasteiger charge is 2.33. The monoisotopic (exact) mass is 317 g/mol. The molecule has 1 saturated heterocycles. The van der Waals surface area contributed by atoms with Gasteiger partial charge < -0.3 is 20.2 Å². The Morgan fingerprint density at radius 2 is 2.00 bits per heavy atom. The van der Waals surface area contributed by atoms with Crippen molar-refractivity contribution < 1.29 is 19.5 Å². The van der Waals surface area contributed by atoms with E-state index in [9.17, 15) is 14.4 Å². The second-order valence-electron chi connectivity index (χ2n) is 4.80. The summed E-state index contributed by atoms with van der Waals surface area (Å²) in [5.41, 5.74) is 0. The van der Waals surface area contributed by atoms with Crippen LogP contribution in [0, 0.1) is 0 Å². The van der Waals surface area contributed by atoms with E-state index in [1.807, 2.05) is 13.8 Å². The van der Waals surface area contributed by atoms with E-state index in [2.05, 4.69) is 5.32 Å². The van der Waals surface area contributed by atoms with Gasteiger partial charge in [-0.25, -0.2) is 9.59 Å². The standard InChI is InChI=1S/C13H23N3O4S/c1-4-15(5-2)11(17)9(3)14-13(20)16-6-7-21-8-10(16)12(18)19/h9-10H,4-8H2,1-3H3,(H,14,20)(H,18,19). The summed E-state index contributed by atoms with van der Waals surface area (Å²) < 4.78 is 0. The number of rotatable bonds is 5. The summed E-state index contributed by atoms with van der Waals surface area (Å²) in [7, 11) is 0. The molecule has 120 valence electrons. The number of aliphatic carboxylic acids is 1. The molecule has 0 aromatic carbocycles. The van der Waals surface area contributed by atoms with Gasteiger partial charge in [-0.3, -0.25) is 4.79 Å². The minimum Gasteiger partial charge on any atom is -0.480 e. The number of likely N-dealkylation sites (N-methyl/N-ethyl adjacent to an activating group) is 1. The number of urea groups is 1. The number of nitrogens with zero attached hydrogens (tertiary/aromatic N) is 2. The highest BCUT2D eigenvalue weighted by molar-refractivity contribution is 7.99. The van der Waals surface area contributed by atoms with Crippen LogP contribution in [0.25, 0.3) is 0 Å². The number of carboxylic acids is 1. The zero-order valence-electron chi connectivity index (χ0n) is 12.7. The van der Waals surface area contributed by atoms with Gasteiger partial charge in [0.25, 0.3) is 0 Å². The van der Waals surface area contributed by atoms with Gasteiger partial charge in [-0.15, -0.1) is 0 Å². The molecule has 8 heteroatoms. The Bertz CT molecular complexity index is 401. The van der Waals surface area contributed by atoms with Crippen molar-refractivity contribution in [1.82, 2.24) is 15.1 Å². The number of thioether (sulfide) groups is 1. The normalized spacial score (nSPS) is 19.8. The maximum Gasteiger partial charge on any atom is 0.327 e. The Labute approximate surface area is 129 Å². The van der Waals surface area contributed by atoms with Crippen LogP contribution in [0.5, 0.6) is 0 Å². The molecule has 1 fully saturated rings. The van der Waals surface area contributed by atoms with Gasteiger partial charge in [0.05, 0.1) is 0 Å². The molecule has 2 unspecified atom stereocenters. The molecule has 1 heterocycles. The predicted octanol–water partition coefficient (Wildman–Crippen LogP) is 0.455. The average molecular weight is 317 g/mol. The van der Waals surface area contributed by atoms with Gasteiger partial charge in [0, 0.05) is 31.1 Å². The van der Waals surface area contributed by atoms with E-state index in [4.69, 9.17) is 5.11 Å². The number of carbonyl (C=O) groups excluding carboxylic acids is 2. The molecule has 0 radical (unpaired) electrons. The smallest absolute Gasteiger partial charge is 0.327 e. The van der Waals surface area contributed by atoms with Crippen molar-refractivity contribution >= 4 is 29.7 Å². The van der Waals surface area contributed by atoms with Gasteiger partial charge >= 0.3 is 12.0 Å². The number of hydrogen-bond acceptors (Lipinski definition) is 4. The third-order valence-electron chi connectivity index (χ3n) is 3.46. The van der Waals surface area contributed by atoms with Gasteiger partial charge in [-0.1, -0.05) is 0 Å². The lowest BCUT2D eigenvalue weighted by Crippen LogP contribution is -2.57. The fourth-order valence-corrected chi connectivity index (χ4v) is 3.23. The zero-order valence-corrected chi connectivity index (χ0v) is 13.5. The number of nitrogens with one attached hydrogen (secondary N) is 1. The van der Waals surface area contributed by atoms with Crippen LogP contribution >= 0.6 is 11.8 Å². The summed E-state index contributed by atoms with van der Waals surface area (Å²) >= 11 is 1.51. The van der Waals surface area contributed by atoms with E-state index in [0.717, 1.165) is 0 Å². The van der Waals surface area contributed by atoms with E-state index in [1.54, 1.807) is 11.8 Å². The molecular weight excluding hydrogens is 294 g/mol.